The molecule has 110 valence electrons. The molecule has 1 aliphatic heterocycles. The van der Waals surface area contributed by atoms with Gasteiger partial charge in [-0.15, -0.1) is 0 Å². The molecule has 2 rings (SSSR count). The highest BCUT2D eigenvalue weighted by atomic mass is 16.3. The van der Waals surface area contributed by atoms with Crippen LogP contribution < -0.4 is 5.32 Å². The minimum atomic E-state index is -0.0712. The maximum Gasteiger partial charge on any atom is 0.274 e. The average molecular weight is 278 g/mol. The van der Waals surface area contributed by atoms with Gasteiger partial charge >= 0.3 is 0 Å². The largest absolute Gasteiger partial charge is 0.396 e. The van der Waals surface area contributed by atoms with Crippen LogP contribution in [0.15, 0.2) is 12.4 Å². The lowest BCUT2D eigenvalue weighted by atomic mass is 10.1. The van der Waals surface area contributed by atoms with Gasteiger partial charge in [0.15, 0.2) is 0 Å². The van der Waals surface area contributed by atoms with E-state index in [4.69, 9.17) is 5.11 Å². The number of anilines is 1. The van der Waals surface area contributed by atoms with Gasteiger partial charge in [-0.1, -0.05) is 6.92 Å². The Morgan fingerprint density at radius 2 is 2.40 bits per heavy atom. The highest BCUT2D eigenvalue weighted by Crippen LogP contribution is 2.20. The molecule has 1 unspecified atom stereocenters. The van der Waals surface area contributed by atoms with E-state index in [-0.39, 0.29) is 12.5 Å². The van der Waals surface area contributed by atoms with Crippen LogP contribution >= 0.6 is 0 Å². The van der Waals surface area contributed by atoms with E-state index in [0.717, 1.165) is 32.4 Å². The quantitative estimate of drug-likeness (QED) is 0.816. The molecule has 0 spiro atoms. The molecule has 1 aliphatic rings. The van der Waals surface area contributed by atoms with Crippen molar-refractivity contribution in [1.82, 2.24) is 14.9 Å². The Hall–Kier alpha value is -1.69. The van der Waals surface area contributed by atoms with Crippen LogP contribution in [-0.2, 0) is 0 Å². The van der Waals surface area contributed by atoms with Crippen molar-refractivity contribution < 1.29 is 9.90 Å². The van der Waals surface area contributed by atoms with Crippen molar-refractivity contribution in [3.8, 4) is 0 Å². The number of carbonyl (C=O) groups excluding carboxylic acids is 1. The summed E-state index contributed by atoms with van der Waals surface area (Å²) < 4.78 is 0. The number of hydrogen-bond donors (Lipinski definition) is 2. The van der Waals surface area contributed by atoms with Gasteiger partial charge in [-0.05, 0) is 25.2 Å². The fourth-order valence-corrected chi connectivity index (χ4v) is 2.40. The van der Waals surface area contributed by atoms with Crippen molar-refractivity contribution in [2.75, 3.05) is 31.6 Å². The maximum atomic E-state index is 12.4. The summed E-state index contributed by atoms with van der Waals surface area (Å²) in [5, 5.41) is 12.1. The first kappa shape index (κ1) is 14.7. The summed E-state index contributed by atoms with van der Waals surface area (Å²) in [6.45, 7) is 4.50. The molecule has 20 heavy (non-hydrogen) atoms. The van der Waals surface area contributed by atoms with Gasteiger partial charge in [0.05, 0.1) is 12.4 Å². The van der Waals surface area contributed by atoms with Crippen molar-refractivity contribution in [2.45, 2.75) is 26.2 Å². The molecule has 1 saturated heterocycles. The van der Waals surface area contributed by atoms with Crippen LogP contribution in [0.25, 0.3) is 0 Å². The second-order valence-electron chi connectivity index (χ2n) is 5.13. The van der Waals surface area contributed by atoms with Crippen LogP contribution in [-0.4, -0.2) is 52.1 Å². The normalized spacial score (nSPS) is 18.3. The Morgan fingerprint density at radius 1 is 1.55 bits per heavy atom. The SMILES string of the molecule is CCCNc1cncc(C(=O)N2CCC(CCO)C2)n1. The van der Waals surface area contributed by atoms with Crippen LogP contribution in [0.4, 0.5) is 5.82 Å². The summed E-state index contributed by atoms with van der Waals surface area (Å²) in [7, 11) is 0. The smallest absolute Gasteiger partial charge is 0.274 e. The number of nitrogens with one attached hydrogen (secondary N) is 1. The van der Waals surface area contributed by atoms with E-state index in [1.165, 1.54) is 6.20 Å². The third-order valence-electron chi connectivity index (χ3n) is 3.52. The van der Waals surface area contributed by atoms with E-state index in [9.17, 15) is 4.79 Å². The highest BCUT2D eigenvalue weighted by Gasteiger charge is 2.27. The van der Waals surface area contributed by atoms with Crippen LogP contribution in [0, 0.1) is 5.92 Å². The number of hydrogen-bond acceptors (Lipinski definition) is 5. The molecule has 0 aromatic carbocycles. The Balaban J connectivity index is 1.98. The van der Waals surface area contributed by atoms with Crippen LogP contribution in [0.2, 0.25) is 0 Å². The average Bonchev–Trinajstić information content (AvgIpc) is 2.93. The van der Waals surface area contributed by atoms with Gasteiger partial charge < -0.3 is 15.3 Å². The third kappa shape index (κ3) is 3.66. The summed E-state index contributed by atoms with van der Waals surface area (Å²) in [6.07, 6.45) is 5.85. The lowest BCUT2D eigenvalue weighted by molar-refractivity contribution is 0.0778. The Kier molecular flexibility index (Phi) is 5.29. The van der Waals surface area contributed by atoms with Crippen molar-refractivity contribution >= 4 is 11.7 Å². The first-order valence-electron chi connectivity index (χ1n) is 7.20. The van der Waals surface area contributed by atoms with Gasteiger partial charge in [0.2, 0.25) is 0 Å². The predicted octanol–water partition coefficient (Wildman–Crippen LogP) is 1.14. The molecule has 1 amide bonds. The minimum absolute atomic E-state index is 0.0712. The third-order valence-corrected chi connectivity index (χ3v) is 3.52. The van der Waals surface area contributed by atoms with Crippen LogP contribution in [0.5, 0.6) is 0 Å². The molecule has 1 aromatic heterocycles. The number of rotatable bonds is 6. The number of aliphatic hydroxyl groups is 1. The molecule has 0 saturated carbocycles. The van der Waals surface area contributed by atoms with E-state index >= 15 is 0 Å². The lowest BCUT2D eigenvalue weighted by Crippen LogP contribution is -2.29. The van der Waals surface area contributed by atoms with Gasteiger partial charge in [0, 0.05) is 26.2 Å². The molecule has 0 radical (unpaired) electrons. The van der Waals surface area contributed by atoms with Crippen molar-refractivity contribution in [3.63, 3.8) is 0 Å². The summed E-state index contributed by atoms with van der Waals surface area (Å²) >= 11 is 0. The van der Waals surface area contributed by atoms with Gasteiger partial charge in [0.25, 0.3) is 5.91 Å². The predicted molar refractivity (Wildman–Crippen MR) is 76.5 cm³/mol. The number of aromatic nitrogens is 2. The molecule has 2 N–H and O–H groups in total. The van der Waals surface area contributed by atoms with Crippen LogP contribution in [0.3, 0.4) is 0 Å². The number of aliphatic hydroxyl groups excluding tert-OH is 1. The Morgan fingerprint density at radius 3 is 3.15 bits per heavy atom. The first-order valence-corrected chi connectivity index (χ1v) is 7.20. The molecule has 0 aliphatic carbocycles. The summed E-state index contributed by atoms with van der Waals surface area (Å²) in [6, 6.07) is 0. The molecule has 1 aromatic rings. The highest BCUT2D eigenvalue weighted by molar-refractivity contribution is 5.92. The Bertz CT molecular complexity index is 453. The topological polar surface area (TPSA) is 78.4 Å². The summed E-state index contributed by atoms with van der Waals surface area (Å²) in [5.41, 5.74) is 0.385. The van der Waals surface area contributed by atoms with Gasteiger partial charge in [0.1, 0.15) is 11.5 Å². The number of amides is 1. The van der Waals surface area contributed by atoms with E-state index in [2.05, 4.69) is 22.2 Å². The van der Waals surface area contributed by atoms with Crippen molar-refractivity contribution in [2.24, 2.45) is 5.92 Å². The van der Waals surface area contributed by atoms with Crippen molar-refractivity contribution in [3.05, 3.63) is 18.1 Å². The molecule has 0 bridgehead atoms. The lowest BCUT2D eigenvalue weighted by Gasteiger charge is -2.16. The molecular weight excluding hydrogens is 256 g/mol. The zero-order chi connectivity index (χ0) is 14.4. The molecular formula is C14H22N4O2. The fraction of sp³-hybridized carbons (Fsp3) is 0.643. The van der Waals surface area contributed by atoms with E-state index in [1.54, 1.807) is 11.1 Å². The van der Waals surface area contributed by atoms with Crippen LogP contribution in [0.1, 0.15) is 36.7 Å². The summed E-state index contributed by atoms with van der Waals surface area (Å²) in [5.74, 6) is 0.972. The number of nitrogens with zero attached hydrogens (tertiary/aromatic N) is 3. The van der Waals surface area contributed by atoms with Crippen molar-refractivity contribution in [1.29, 1.82) is 0 Å². The van der Waals surface area contributed by atoms with Gasteiger partial charge in [-0.2, -0.15) is 0 Å². The van der Waals surface area contributed by atoms with E-state index < -0.39 is 0 Å². The van der Waals surface area contributed by atoms with Gasteiger partial charge in [-0.3, -0.25) is 9.78 Å². The molecule has 1 atom stereocenters. The standard InChI is InChI=1S/C14H22N4O2/c1-2-5-16-13-9-15-8-12(17-13)14(20)18-6-3-11(10-18)4-7-19/h8-9,11,19H,2-7,10H2,1H3,(H,16,17). The monoisotopic (exact) mass is 278 g/mol. The minimum Gasteiger partial charge on any atom is -0.396 e. The zero-order valence-corrected chi connectivity index (χ0v) is 11.9. The fourth-order valence-electron chi connectivity index (χ4n) is 2.40. The second-order valence-corrected chi connectivity index (χ2v) is 5.13. The zero-order valence-electron chi connectivity index (χ0n) is 11.9. The molecule has 1 fully saturated rings. The number of carbonyl (C=O) groups is 1. The molecule has 2 heterocycles. The van der Waals surface area contributed by atoms with E-state index in [0.29, 0.717) is 24.0 Å². The Labute approximate surface area is 119 Å². The second kappa shape index (κ2) is 7.19. The molecule has 6 nitrogen and oxygen atoms in total. The maximum absolute atomic E-state index is 12.4. The summed E-state index contributed by atoms with van der Waals surface area (Å²) in [4.78, 5) is 22.5. The molecule has 6 heteroatoms. The first-order chi connectivity index (χ1) is 9.74. The van der Waals surface area contributed by atoms with Gasteiger partial charge in [-0.25, -0.2) is 4.98 Å². The van der Waals surface area contributed by atoms with E-state index in [1.807, 2.05) is 0 Å². The number of likely N-dealkylation sites (tertiary alicyclic amines) is 1.